The molecule has 17 heavy (non-hydrogen) atoms. The van der Waals surface area contributed by atoms with Crippen LogP contribution >= 0.6 is 0 Å². The molecule has 0 fully saturated rings. The summed E-state index contributed by atoms with van der Waals surface area (Å²) < 4.78 is 43.1. The Morgan fingerprint density at radius 3 is 2.29 bits per heavy atom. The van der Waals surface area contributed by atoms with Gasteiger partial charge in [-0.1, -0.05) is 0 Å². The summed E-state index contributed by atoms with van der Waals surface area (Å²) in [5.74, 6) is -3.20. The topological polar surface area (TPSA) is 49.7 Å². The summed E-state index contributed by atoms with van der Waals surface area (Å²) in [6.45, 7) is 0. The van der Waals surface area contributed by atoms with Gasteiger partial charge < -0.3 is 14.0 Å². The molecule has 0 radical (unpaired) electrons. The molecule has 96 valence electrons. The van der Waals surface area contributed by atoms with Crippen molar-refractivity contribution >= 4 is 8.80 Å². The number of rotatable bonds is 5. The number of halogens is 3. The first-order chi connectivity index (χ1) is 7.85. The second kappa shape index (κ2) is 5.63. The van der Waals surface area contributed by atoms with E-state index < -0.39 is 26.3 Å². The fraction of sp³-hybridized carbons (Fsp3) is 0.400. The third-order valence-electron chi connectivity index (χ3n) is 2.36. The van der Waals surface area contributed by atoms with Gasteiger partial charge in [0, 0.05) is 19.2 Å². The molecular weight excluding hydrogens is 253 g/mol. The Morgan fingerprint density at radius 2 is 1.71 bits per heavy atom. The lowest BCUT2D eigenvalue weighted by atomic mass is 10.1. The van der Waals surface area contributed by atoms with Gasteiger partial charge in [0.05, 0.1) is 0 Å². The van der Waals surface area contributed by atoms with Gasteiger partial charge in [0.2, 0.25) is 0 Å². The third kappa shape index (κ3) is 4.12. The van der Waals surface area contributed by atoms with E-state index in [0.717, 1.165) is 6.07 Å². The molecule has 3 nitrogen and oxygen atoms in total. The summed E-state index contributed by atoms with van der Waals surface area (Å²) >= 11 is 0. The van der Waals surface area contributed by atoms with Gasteiger partial charge in [-0.05, 0) is 24.5 Å². The summed E-state index contributed by atoms with van der Waals surface area (Å²) in [7, 11) is -2.49. The van der Waals surface area contributed by atoms with Crippen molar-refractivity contribution in [3.8, 4) is 0 Å². The van der Waals surface area contributed by atoms with Crippen LogP contribution in [0.15, 0.2) is 12.1 Å². The van der Waals surface area contributed by atoms with Crippen LogP contribution in [0.25, 0.3) is 0 Å². The number of benzene rings is 1. The van der Waals surface area contributed by atoms with Crippen molar-refractivity contribution in [3.63, 3.8) is 0 Å². The zero-order valence-corrected chi connectivity index (χ0v) is 10.2. The van der Waals surface area contributed by atoms with Gasteiger partial charge in [-0.3, -0.25) is 0 Å². The maximum atomic E-state index is 13.2. The molecule has 0 aromatic heterocycles. The van der Waals surface area contributed by atoms with Crippen LogP contribution in [0.2, 0.25) is 6.04 Å². The van der Waals surface area contributed by atoms with E-state index in [1.807, 2.05) is 0 Å². The zero-order chi connectivity index (χ0) is 13.1. The molecule has 1 aromatic carbocycles. The molecule has 1 aromatic rings. The fourth-order valence-electron chi connectivity index (χ4n) is 1.37. The minimum absolute atomic E-state index is 0.00445. The highest BCUT2D eigenvalue weighted by Crippen LogP contribution is 2.17. The Kier molecular flexibility index (Phi) is 4.69. The van der Waals surface area contributed by atoms with Gasteiger partial charge in [-0.15, -0.1) is 0 Å². The molecule has 0 aliphatic carbocycles. The Morgan fingerprint density at radius 1 is 1.12 bits per heavy atom. The summed E-state index contributed by atoms with van der Waals surface area (Å²) in [4.78, 5) is 18.4. The van der Waals surface area contributed by atoms with Crippen molar-refractivity contribution in [2.24, 2.45) is 0 Å². The molecule has 0 amide bonds. The van der Waals surface area contributed by atoms with E-state index in [1.54, 1.807) is 0 Å². The van der Waals surface area contributed by atoms with Crippen molar-refractivity contribution in [2.75, 3.05) is 7.11 Å². The van der Waals surface area contributed by atoms with Crippen molar-refractivity contribution < 1.29 is 27.2 Å². The normalized spacial score (nSPS) is 11.9. The smallest absolute Gasteiger partial charge is 0.390 e. The minimum Gasteiger partial charge on any atom is -0.390 e. The molecule has 0 heterocycles. The van der Waals surface area contributed by atoms with Crippen LogP contribution in [-0.2, 0) is 10.8 Å². The van der Waals surface area contributed by atoms with E-state index in [2.05, 4.69) is 4.43 Å². The van der Waals surface area contributed by atoms with Gasteiger partial charge in [0.1, 0.15) is 5.82 Å². The average Bonchev–Trinajstić information content (AvgIpc) is 2.25. The van der Waals surface area contributed by atoms with Crippen LogP contribution < -0.4 is 0 Å². The Labute approximate surface area is 97.8 Å². The molecular formula is C10H13F3O3Si. The number of hydrogen-bond donors (Lipinski definition) is 2. The maximum absolute atomic E-state index is 13.2. The fourth-order valence-corrected chi connectivity index (χ4v) is 2.21. The van der Waals surface area contributed by atoms with Crippen molar-refractivity contribution in [1.29, 1.82) is 0 Å². The molecule has 0 spiro atoms. The van der Waals surface area contributed by atoms with E-state index in [9.17, 15) is 22.8 Å². The number of hydrogen-bond acceptors (Lipinski definition) is 3. The monoisotopic (exact) mass is 266 g/mol. The molecule has 0 bridgehead atoms. The highest BCUT2D eigenvalue weighted by Gasteiger charge is 2.29. The van der Waals surface area contributed by atoms with Crippen molar-refractivity contribution in [2.45, 2.75) is 18.9 Å². The highest BCUT2D eigenvalue weighted by atomic mass is 28.4. The van der Waals surface area contributed by atoms with Gasteiger partial charge in [-0.2, -0.15) is 0 Å². The first-order valence-corrected chi connectivity index (χ1v) is 7.00. The van der Waals surface area contributed by atoms with E-state index in [1.165, 1.54) is 7.11 Å². The standard InChI is InChI=1S/C10H13F3O3Si/c1-16-17(14,15)4-2-3-7-5-9(12)10(13)6-8(7)11/h5-6,14-15H,2-4H2,1H3. The lowest BCUT2D eigenvalue weighted by Crippen LogP contribution is -2.37. The largest absolute Gasteiger partial charge is 0.495 e. The van der Waals surface area contributed by atoms with Crippen molar-refractivity contribution in [1.82, 2.24) is 0 Å². The lowest BCUT2D eigenvalue weighted by Gasteiger charge is -2.14. The molecule has 7 heteroatoms. The quantitative estimate of drug-likeness (QED) is 0.629. The molecule has 1 rings (SSSR count). The number of aryl methyl sites for hydroxylation is 1. The summed E-state index contributed by atoms with van der Waals surface area (Å²) in [6.07, 6.45) is 0.303. The summed E-state index contributed by atoms with van der Waals surface area (Å²) in [5, 5.41) is 0. The van der Waals surface area contributed by atoms with Gasteiger partial charge in [-0.25, -0.2) is 13.2 Å². The van der Waals surface area contributed by atoms with Crippen LogP contribution in [0, 0.1) is 17.5 Å². The third-order valence-corrected chi connectivity index (χ3v) is 4.02. The maximum Gasteiger partial charge on any atom is 0.495 e. The predicted molar refractivity (Wildman–Crippen MR) is 56.6 cm³/mol. The SMILES string of the molecule is CO[Si](O)(O)CCCc1cc(F)c(F)cc1F. The molecule has 0 atom stereocenters. The Bertz CT molecular complexity index is 399. The van der Waals surface area contributed by atoms with Gasteiger partial charge in [0.25, 0.3) is 0 Å². The molecule has 0 saturated carbocycles. The van der Waals surface area contributed by atoms with Crippen LogP contribution in [0.3, 0.4) is 0 Å². The van der Waals surface area contributed by atoms with Gasteiger partial charge in [0.15, 0.2) is 11.6 Å². The molecule has 0 saturated heterocycles. The van der Waals surface area contributed by atoms with E-state index in [0.29, 0.717) is 6.07 Å². The van der Waals surface area contributed by atoms with Crippen LogP contribution in [0.4, 0.5) is 13.2 Å². The highest BCUT2D eigenvalue weighted by molar-refractivity contribution is 6.57. The van der Waals surface area contributed by atoms with Crippen LogP contribution in [0.5, 0.6) is 0 Å². The van der Waals surface area contributed by atoms with E-state index >= 15 is 0 Å². The molecule has 2 N–H and O–H groups in total. The predicted octanol–water partition coefficient (Wildman–Crippen LogP) is 1.61. The Balaban J connectivity index is 2.61. The molecule has 0 aliphatic heterocycles. The van der Waals surface area contributed by atoms with Crippen molar-refractivity contribution in [3.05, 3.63) is 35.1 Å². The minimum atomic E-state index is -3.66. The van der Waals surface area contributed by atoms with Crippen LogP contribution in [0.1, 0.15) is 12.0 Å². The second-order valence-corrected chi connectivity index (χ2v) is 6.05. The molecule has 0 unspecified atom stereocenters. The summed E-state index contributed by atoms with van der Waals surface area (Å²) in [6, 6.07) is 1.22. The van der Waals surface area contributed by atoms with Gasteiger partial charge >= 0.3 is 8.80 Å². The first-order valence-electron chi connectivity index (χ1n) is 4.99. The van der Waals surface area contributed by atoms with Crippen LogP contribution in [-0.4, -0.2) is 25.5 Å². The van der Waals surface area contributed by atoms with E-state index in [-0.39, 0.29) is 24.4 Å². The average molecular weight is 266 g/mol. The zero-order valence-electron chi connectivity index (χ0n) is 9.21. The summed E-state index contributed by atoms with van der Waals surface area (Å²) in [5.41, 5.74) is 0.00445. The lowest BCUT2D eigenvalue weighted by molar-refractivity contribution is 0.184. The molecule has 0 aliphatic rings. The first kappa shape index (κ1) is 14.2. The van der Waals surface area contributed by atoms with E-state index in [4.69, 9.17) is 0 Å². The second-order valence-electron chi connectivity index (χ2n) is 3.66. The Hall–Kier alpha value is -0.893.